The molecule has 8 heteroatoms. The number of hydrogen-bond donors (Lipinski definition) is 2. The lowest BCUT2D eigenvalue weighted by Gasteiger charge is -2.19. The summed E-state index contributed by atoms with van der Waals surface area (Å²) < 4.78 is 6.49. The van der Waals surface area contributed by atoms with E-state index < -0.39 is 23.4 Å². The van der Waals surface area contributed by atoms with Crippen molar-refractivity contribution in [3.8, 4) is 5.88 Å². The van der Waals surface area contributed by atoms with Gasteiger partial charge in [0.1, 0.15) is 5.60 Å². The highest BCUT2D eigenvalue weighted by atomic mass is 16.6. The molecule has 188 valence electrons. The van der Waals surface area contributed by atoms with Gasteiger partial charge in [-0.15, -0.1) is 0 Å². The molecule has 4 rings (SSSR count). The van der Waals surface area contributed by atoms with Crippen LogP contribution in [0.4, 0.5) is 5.69 Å². The minimum absolute atomic E-state index is 0.0185. The van der Waals surface area contributed by atoms with Crippen molar-refractivity contribution in [3.05, 3.63) is 95.1 Å². The molecule has 3 aromatic carbocycles. The number of aromatic carboxylic acids is 1. The zero-order chi connectivity index (χ0) is 26.9. The summed E-state index contributed by atoms with van der Waals surface area (Å²) in [6, 6.07) is 20.0. The summed E-state index contributed by atoms with van der Waals surface area (Å²) in [5.74, 6) is -2.44. The topological polar surface area (TPSA) is 118 Å². The van der Waals surface area contributed by atoms with Crippen LogP contribution in [0.5, 0.6) is 5.88 Å². The lowest BCUT2D eigenvalue weighted by Crippen LogP contribution is -2.23. The molecule has 8 nitrogen and oxygen atoms in total. The third-order valence-corrected chi connectivity index (χ3v) is 5.53. The van der Waals surface area contributed by atoms with Crippen LogP contribution in [0, 0.1) is 0 Å². The number of carbonyl (C=O) groups excluding carboxylic acids is 2. The number of ether oxygens (including phenoxy) is 1. The highest BCUT2D eigenvalue weighted by Gasteiger charge is 2.25. The number of aromatic nitrogens is 1. The number of benzene rings is 3. The summed E-state index contributed by atoms with van der Waals surface area (Å²) in [6.07, 6.45) is 0. The van der Waals surface area contributed by atoms with Gasteiger partial charge in [0.25, 0.3) is 0 Å². The zero-order valence-corrected chi connectivity index (χ0v) is 20.9. The van der Waals surface area contributed by atoms with Crippen molar-refractivity contribution in [1.29, 1.82) is 0 Å². The van der Waals surface area contributed by atoms with E-state index in [0.717, 1.165) is 4.57 Å². The van der Waals surface area contributed by atoms with E-state index in [1.165, 1.54) is 19.1 Å². The summed E-state index contributed by atoms with van der Waals surface area (Å²) in [5, 5.41) is 21.1. The second-order valence-corrected chi connectivity index (χ2v) is 9.47. The van der Waals surface area contributed by atoms with Crippen LogP contribution in [0.15, 0.2) is 77.8 Å². The van der Waals surface area contributed by atoms with Gasteiger partial charge in [-0.05, 0) is 57.2 Å². The molecule has 0 bridgehead atoms. The Hall–Kier alpha value is -4.72. The third-order valence-electron chi connectivity index (χ3n) is 5.53. The molecule has 2 N–H and O–H groups in total. The van der Waals surface area contributed by atoms with Gasteiger partial charge < -0.3 is 14.9 Å². The van der Waals surface area contributed by atoms with Crippen molar-refractivity contribution in [3.63, 3.8) is 0 Å². The van der Waals surface area contributed by atoms with Crippen LogP contribution in [-0.2, 0) is 4.74 Å². The first kappa shape index (κ1) is 25.4. The Kier molecular flexibility index (Phi) is 6.68. The predicted octanol–water partition coefficient (Wildman–Crippen LogP) is 5.83. The Bertz CT molecular complexity index is 1540. The van der Waals surface area contributed by atoms with Gasteiger partial charge in [-0.3, -0.25) is 9.36 Å². The summed E-state index contributed by atoms with van der Waals surface area (Å²) in [7, 11) is 0. The van der Waals surface area contributed by atoms with Gasteiger partial charge in [-0.2, -0.15) is 0 Å². The number of aromatic hydroxyl groups is 1. The highest BCUT2D eigenvalue weighted by Crippen LogP contribution is 2.35. The van der Waals surface area contributed by atoms with E-state index in [2.05, 4.69) is 0 Å². The summed E-state index contributed by atoms with van der Waals surface area (Å²) in [5.41, 5.74) is 1.79. The fraction of sp³-hybridized carbons (Fsp3) is 0.172. The van der Waals surface area contributed by atoms with Gasteiger partial charge >= 0.3 is 11.9 Å². The normalized spacial score (nSPS) is 11.9. The Morgan fingerprint density at radius 3 is 2.05 bits per heavy atom. The van der Waals surface area contributed by atoms with Crippen molar-refractivity contribution in [1.82, 2.24) is 4.57 Å². The molecule has 0 aliphatic carbocycles. The first-order valence-corrected chi connectivity index (χ1v) is 11.6. The minimum Gasteiger partial charge on any atom is -0.494 e. The second-order valence-electron chi connectivity index (χ2n) is 9.47. The molecule has 4 aromatic rings. The van der Waals surface area contributed by atoms with Crippen LogP contribution in [-0.4, -0.2) is 43.9 Å². The van der Waals surface area contributed by atoms with Crippen LogP contribution >= 0.6 is 0 Å². The van der Waals surface area contributed by atoms with Crippen molar-refractivity contribution in [2.45, 2.75) is 33.3 Å². The van der Waals surface area contributed by atoms with Crippen LogP contribution in [0.1, 0.15) is 64.3 Å². The zero-order valence-electron chi connectivity index (χ0n) is 20.9. The molecule has 1 aromatic heterocycles. The summed E-state index contributed by atoms with van der Waals surface area (Å²) in [4.78, 5) is 41.2. The molecule has 0 unspecified atom stereocenters. The van der Waals surface area contributed by atoms with E-state index in [9.17, 15) is 24.6 Å². The average Bonchev–Trinajstić information content (AvgIpc) is 3.13. The molecule has 1 heterocycles. The van der Waals surface area contributed by atoms with E-state index in [4.69, 9.17) is 9.73 Å². The number of carboxylic acid groups (broad SMARTS) is 1. The summed E-state index contributed by atoms with van der Waals surface area (Å²) in [6.45, 7) is 6.66. The van der Waals surface area contributed by atoms with E-state index in [1.807, 2.05) is 30.3 Å². The number of esters is 1. The standard InChI is InChI=1S/C29H26N2O6/c1-17(32)31-23-16-20(27(34)35)12-15-22(23)24(26(31)33)25(18-8-6-5-7-9-18)30-21-13-10-19(11-14-21)28(36)37-29(2,3)4/h5-16,33H,1-4H3,(H,34,35). The van der Waals surface area contributed by atoms with Crippen molar-refractivity contribution in [2.24, 2.45) is 4.99 Å². The maximum Gasteiger partial charge on any atom is 0.338 e. The Labute approximate surface area is 213 Å². The highest BCUT2D eigenvalue weighted by molar-refractivity contribution is 6.23. The molecular formula is C29H26N2O6. The first-order valence-electron chi connectivity index (χ1n) is 11.6. The van der Waals surface area contributed by atoms with Gasteiger partial charge in [0.05, 0.1) is 33.6 Å². The van der Waals surface area contributed by atoms with E-state index in [0.29, 0.717) is 27.9 Å². The smallest absolute Gasteiger partial charge is 0.338 e. The molecule has 0 spiro atoms. The van der Waals surface area contributed by atoms with Gasteiger partial charge in [0.15, 0.2) is 0 Å². The van der Waals surface area contributed by atoms with E-state index >= 15 is 0 Å². The fourth-order valence-electron chi connectivity index (χ4n) is 3.96. The average molecular weight is 499 g/mol. The molecule has 0 amide bonds. The molecular weight excluding hydrogens is 472 g/mol. The first-order chi connectivity index (χ1) is 17.5. The SMILES string of the molecule is CC(=O)n1c(O)c(C(=Nc2ccc(C(=O)OC(C)(C)C)cc2)c2ccccc2)c2ccc(C(=O)O)cc21. The largest absolute Gasteiger partial charge is 0.494 e. The van der Waals surface area contributed by atoms with E-state index in [-0.39, 0.29) is 22.5 Å². The molecule has 0 aliphatic rings. The Morgan fingerprint density at radius 1 is 0.865 bits per heavy atom. The molecule has 0 saturated heterocycles. The van der Waals surface area contributed by atoms with Gasteiger partial charge in [-0.1, -0.05) is 36.4 Å². The third kappa shape index (κ3) is 5.28. The maximum absolute atomic E-state index is 12.5. The number of carbonyl (C=O) groups is 3. The van der Waals surface area contributed by atoms with Crippen LogP contribution < -0.4 is 0 Å². The van der Waals surface area contributed by atoms with Crippen molar-refractivity contribution in [2.75, 3.05) is 0 Å². The monoisotopic (exact) mass is 498 g/mol. The van der Waals surface area contributed by atoms with Gasteiger partial charge in [0.2, 0.25) is 11.8 Å². The molecule has 0 atom stereocenters. The molecule has 0 radical (unpaired) electrons. The Balaban J connectivity index is 1.91. The minimum atomic E-state index is -1.15. The Morgan fingerprint density at radius 2 is 1.49 bits per heavy atom. The number of hydrogen-bond acceptors (Lipinski definition) is 6. The number of carboxylic acids is 1. The molecule has 0 fully saturated rings. The van der Waals surface area contributed by atoms with Crippen LogP contribution in [0.2, 0.25) is 0 Å². The number of nitrogens with zero attached hydrogens (tertiary/aromatic N) is 2. The molecule has 0 saturated carbocycles. The molecule has 37 heavy (non-hydrogen) atoms. The predicted molar refractivity (Wildman–Crippen MR) is 140 cm³/mol. The van der Waals surface area contributed by atoms with Crippen LogP contribution in [0.25, 0.3) is 10.9 Å². The van der Waals surface area contributed by atoms with Crippen molar-refractivity contribution >= 4 is 40.1 Å². The summed E-state index contributed by atoms with van der Waals surface area (Å²) >= 11 is 0. The van der Waals surface area contributed by atoms with E-state index in [1.54, 1.807) is 51.1 Å². The number of rotatable bonds is 5. The van der Waals surface area contributed by atoms with Gasteiger partial charge in [0, 0.05) is 17.9 Å². The van der Waals surface area contributed by atoms with Crippen molar-refractivity contribution < 1.29 is 29.3 Å². The number of aliphatic imine (C=N–C) groups is 1. The second kappa shape index (κ2) is 9.73. The molecule has 0 aliphatic heterocycles. The quantitative estimate of drug-likeness (QED) is 0.264. The van der Waals surface area contributed by atoms with Crippen LogP contribution in [0.3, 0.4) is 0 Å². The number of fused-ring (bicyclic) bond motifs is 1. The lowest BCUT2D eigenvalue weighted by atomic mass is 10.00. The lowest BCUT2D eigenvalue weighted by molar-refractivity contribution is 0.00692. The maximum atomic E-state index is 12.5. The fourth-order valence-corrected chi connectivity index (χ4v) is 3.96. The van der Waals surface area contributed by atoms with Gasteiger partial charge in [-0.25, -0.2) is 14.6 Å².